The predicted octanol–water partition coefficient (Wildman–Crippen LogP) is 4.55. The van der Waals surface area contributed by atoms with E-state index in [9.17, 15) is 9.59 Å². The average Bonchev–Trinajstić information content (AvgIpc) is 2.57. The second-order valence-corrected chi connectivity index (χ2v) is 5.24. The minimum Gasteiger partial charge on any atom is -0.449 e. The van der Waals surface area contributed by atoms with Crippen molar-refractivity contribution in [1.29, 1.82) is 0 Å². The van der Waals surface area contributed by atoms with E-state index in [1.807, 2.05) is 13.0 Å². The monoisotopic (exact) mass is 331 g/mol. The molecule has 0 radical (unpaired) electrons. The Labute approximate surface area is 140 Å². The molecule has 0 aliphatic rings. The van der Waals surface area contributed by atoms with Gasteiger partial charge in [0.2, 0.25) is 0 Å². The van der Waals surface area contributed by atoms with Crippen molar-refractivity contribution in [2.75, 3.05) is 18.1 Å². The summed E-state index contributed by atoms with van der Waals surface area (Å²) in [6, 6.07) is 13.8. The number of hydrogen-bond donors (Lipinski definition) is 0. The Morgan fingerprint density at radius 2 is 1.78 bits per heavy atom. The zero-order valence-electron chi connectivity index (χ0n) is 13.1. The van der Waals surface area contributed by atoms with Crippen LogP contribution in [0.5, 0.6) is 0 Å². The van der Waals surface area contributed by atoms with Gasteiger partial charge in [-0.15, -0.1) is 0 Å². The van der Waals surface area contributed by atoms with E-state index in [1.165, 1.54) is 4.90 Å². The summed E-state index contributed by atoms with van der Waals surface area (Å²) in [6.07, 6.45) is -0.487. The number of carbonyl (C=O) groups excluding carboxylic acids is 2. The van der Waals surface area contributed by atoms with Gasteiger partial charge in [-0.2, -0.15) is 0 Å². The van der Waals surface area contributed by atoms with E-state index in [1.54, 1.807) is 49.4 Å². The van der Waals surface area contributed by atoms with Crippen molar-refractivity contribution < 1.29 is 14.3 Å². The molecule has 5 heteroatoms. The quantitative estimate of drug-likeness (QED) is 0.755. The molecule has 0 unspecified atom stereocenters. The highest BCUT2D eigenvalue weighted by atomic mass is 35.5. The highest BCUT2D eigenvalue weighted by molar-refractivity contribution is 6.31. The first-order valence-electron chi connectivity index (χ1n) is 7.42. The molecule has 0 fully saturated rings. The van der Waals surface area contributed by atoms with Crippen molar-refractivity contribution in [1.82, 2.24) is 0 Å². The van der Waals surface area contributed by atoms with Crippen LogP contribution < -0.4 is 4.90 Å². The van der Waals surface area contributed by atoms with Crippen molar-refractivity contribution in [3.63, 3.8) is 0 Å². The molecule has 0 aliphatic carbocycles. The topological polar surface area (TPSA) is 46.6 Å². The third kappa shape index (κ3) is 3.90. The molecule has 120 valence electrons. The predicted molar refractivity (Wildman–Crippen MR) is 91.4 cm³/mol. The Bertz CT molecular complexity index is 701. The minimum atomic E-state index is -0.487. The van der Waals surface area contributed by atoms with E-state index in [-0.39, 0.29) is 12.4 Å². The van der Waals surface area contributed by atoms with Gasteiger partial charge in [-0.05, 0) is 32.0 Å². The summed E-state index contributed by atoms with van der Waals surface area (Å²) in [5, 5.41) is 0.438. The van der Waals surface area contributed by atoms with Crippen molar-refractivity contribution in [3.8, 4) is 0 Å². The van der Waals surface area contributed by atoms with Gasteiger partial charge in [0.1, 0.15) is 0 Å². The number of amides is 1. The van der Waals surface area contributed by atoms with Gasteiger partial charge in [0, 0.05) is 22.7 Å². The third-order valence-electron chi connectivity index (χ3n) is 3.33. The van der Waals surface area contributed by atoms with Gasteiger partial charge < -0.3 is 4.74 Å². The Morgan fingerprint density at radius 3 is 2.39 bits per heavy atom. The molecule has 4 nitrogen and oxygen atoms in total. The van der Waals surface area contributed by atoms with Crippen LogP contribution in [0.3, 0.4) is 0 Å². The van der Waals surface area contributed by atoms with E-state index in [2.05, 4.69) is 0 Å². The number of carbonyl (C=O) groups is 2. The molecule has 2 aromatic rings. The molecule has 23 heavy (non-hydrogen) atoms. The lowest BCUT2D eigenvalue weighted by molar-refractivity contribution is 0.103. The van der Waals surface area contributed by atoms with Gasteiger partial charge in [0.15, 0.2) is 5.78 Å². The SMILES string of the molecule is CCOC(=O)N(CC)c1ccc(Cl)cc1C(=O)c1ccccc1. The van der Waals surface area contributed by atoms with E-state index in [0.717, 1.165) is 0 Å². The molecule has 1 amide bonds. The zero-order valence-corrected chi connectivity index (χ0v) is 13.8. The van der Waals surface area contributed by atoms with E-state index in [4.69, 9.17) is 16.3 Å². The second-order valence-electron chi connectivity index (χ2n) is 4.80. The van der Waals surface area contributed by atoms with Crippen LogP contribution in [0.1, 0.15) is 29.8 Å². The van der Waals surface area contributed by atoms with Gasteiger partial charge in [-0.3, -0.25) is 9.69 Å². The number of ketones is 1. The summed E-state index contributed by atoms with van der Waals surface area (Å²) in [4.78, 5) is 26.3. The standard InChI is InChI=1S/C18H18ClNO3/c1-3-20(18(22)23-4-2)16-11-10-14(19)12-15(16)17(21)13-8-6-5-7-9-13/h5-12H,3-4H2,1-2H3. The highest BCUT2D eigenvalue weighted by Crippen LogP contribution is 2.27. The Hall–Kier alpha value is -2.33. The van der Waals surface area contributed by atoms with Gasteiger partial charge in [-0.1, -0.05) is 41.9 Å². The van der Waals surface area contributed by atoms with Crippen molar-refractivity contribution in [2.24, 2.45) is 0 Å². The molecule has 0 heterocycles. The number of hydrogen-bond acceptors (Lipinski definition) is 3. The normalized spacial score (nSPS) is 10.2. The van der Waals surface area contributed by atoms with Crippen LogP contribution in [-0.4, -0.2) is 25.0 Å². The second kappa shape index (κ2) is 7.79. The van der Waals surface area contributed by atoms with Gasteiger partial charge >= 0.3 is 6.09 Å². The molecule has 2 rings (SSSR count). The van der Waals surface area contributed by atoms with Crippen LogP contribution in [0.25, 0.3) is 0 Å². The minimum absolute atomic E-state index is 0.189. The first-order chi connectivity index (χ1) is 11.1. The lowest BCUT2D eigenvalue weighted by Gasteiger charge is -2.22. The smallest absolute Gasteiger partial charge is 0.414 e. The fourth-order valence-electron chi connectivity index (χ4n) is 2.27. The zero-order chi connectivity index (χ0) is 16.8. The van der Waals surface area contributed by atoms with Crippen LogP contribution in [0, 0.1) is 0 Å². The van der Waals surface area contributed by atoms with Gasteiger partial charge in [0.25, 0.3) is 0 Å². The summed E-state index contributed by atoms with van der Waals surface area (Å²) in [5.41, 5.74) is 1.40. The molecular weight excluding hydrogens is 314 g/mol. The van der Waals surface area contributed by atoms with Crippen LogP contribution in [0.4, 0.5) is 10.5 Å². The van der Waals surface area contributed by atoms with Crippen molar-refractivity contribution >= 4 is 29.2 Å². The summed E-state index contributed by atoms with van der Waals surface area (Å²) < 4.78 is 5.06. The first-order valence-corrected chi connectivity index (χ1v) is 7.79. The van der Waals surface area contributed by atoms with E-state index in [0.29, 0.717) is 28.4 Å². The average molecular weight is 332 g/mol. The number of anilines is 1. The van der Waals surface area contributed by atoms with E-state index >= 15 is 0 Å². The van der Waals surface area contributed by atoms with E-state index < -0.39 is 6.09 Å². The number of ether oxygens (including phenoxy) is 1. The molecule has 0 saturated heterocycles. The molecule has 0 aromatic heterocycles. The largest absolute Gasteiger partial charge is 0.449 e. The first kappa shape index (κ1) is 17.0. The molecule has 2 aromatic carbocycles. The number of halogens is 1. The molecular formula is C18H18ClNO3. The lowest BCUT2D eigenvalue weighted by Crippen LogP contribution is -2.32. The maximum absolute atomic E-state index is 12.8. The molecule has 0 spiro atoms. The summed E-state index contributed by atoms with van der Waals surface area (Å²) in [7, 11) is 0. The highest BCUT2D eigenvalue weighted by Gasteiger charge is 2.22. The molecule has 0 saturated carbocycles. The maximum Gasteiger partial charge on any atom is 0.414 e. The fourth-order valence-corrected chi connectivity index (χ4v) is 2.44. The summed E-state index contributed by atoms with van der Waals surface area (Å²) in [5.74, 6) is -0.189. The number of nitrogens with zero attached hydrogens (tertiary/aromatic N) is 1. The van der Waals surface area contributed by atoms with Gasteiger partial charge in [-0.25, -0.2) is 4.79 Å². The third-order valence-corrected chi connectivity index (χ3v) is 3.57. The maximum atomic E-state index is 12.8. The number of benzene rings is 2. The number of rotatable bonds is 5. The molecule has 0 aliphatic heterocycles. The molecule has 0 atom stereocenters. The molecule has 0 bridgehead atoms. The van der Waals surface area contributed by atoms with Crippen molar-refractivity contribution in [3.05, 3.63) is 64.7 Å². The Balaban J connectivity index is 2.49. The summed E-state index contributed by atoms with van der Waals surface area (Å²) >= 11 is 6.05. The summed E-state index contributed by atoms with van der Waals surface area (Å²) in [6.45, 7) is 4.21. The lowest BCUT2D eigenvalue weighted by atomic mass is 10.0. The van der Waals surface area contributed by atoms with Crippen LogP contribution >= 0.6 is 11.6 Å². The Morgan fingerprint density at radius 1 is 1.09 bits per heavy atom. The van der Waals surface area contributed by atoms with Crippen molar-refractivity contribution in [2.45, 2.75) is 13.8 Å². The molecule has 0 N–H and O–H groups in total. The Kier molecular flexibility index (Phi) is 5.77. The van der Waals surface area contributed by atoms with Crippen LogP contribution in [-0.2, 0) is 4.74 Å². The van der Waals surface area contributed by atoms with Gasteiger partial charge in [0.05, 0.1) is 12.3 Å². The fraction of sp³-hybridized carbons (Fsp3) is 0.222. The van der Waals surface area contributed by atoms with Crippen LogP contribution in [0.2, 0.25) is 5.02 Å². The van der Waals surface area contributed by atoms with Crippen LogP contribution in [0.15, 0.2) is 48.5 Å².